The third-order valence-corrected chi connectivity index (χ3v) is 2.98. The number of rotatable bonds is 2. The van der Waals surface area contributed by atoms with Gasteiger partial charge < -0.3 is 11.1 Å². The number of anilines is 2. The van der Waals surface area contributed by atoms with E-state index in [0.717, 1.165) is 6.07 Å². The van der Waals surface area contributed by atoms with Gasteiger partial charge in [-0.3, -0.25) is 4.79 Å². The molecule has 0 fully saturated rings. The van der Waals surface area contributed by atoms with Crippen molar-refractivity contribution in [3.63, 3.8) is 0 Å². The maximum absolute atomic E-state index is 13.5. The second kappa shape index (κ2) is 5.31. The summed E-state index contributed by atoms with van der Waals surface area (Å²) in [6.45, 7) is 0. The molecule has 0 aliphatic heterocycles. The van der Waals surface area contributed by atoms with Crippen LogP contribution < -0.4 is 11.1 Å². The molecule has 7 heteroatoms. The van der Waals surface area contributed by atoms with Gasteiger partial charge in [-0.2, -0.15) is 0 Å². The van der Waals surface area contributed by atoms with Crippen LogP contribution in [0.25, 0.3) is 0 Å². The Bertz CT molecular complexity index is 649. The number of aromatic nitrogens is 1. The number of nitrogens with zero attached hydrogens (tertiary/aromatic N) is 1. The van der Waals surface area contributed by atoms with E-state index in [1.54, 1.807) is 12.1 Å². The number of halogens is 3. The first-order chi connectivity index (χ1) is 9.00. The van der Waals surface area contributed by atoms with Crippen molar-refractivity contribution in [1.29, 1.82) is 0 Å². The van der Waals surface area contributed by atoms with Gasteiger partial charge in [0.25, 0.3) is 5.91 Å². The Kier molecular flexibility index (Phi) is 3.75. The Balaban J connectivity index is 2.35. The molecule has 1 aromatic heterocycles. The summed E-state index contributed by atoms with van der Waals surface area (Å²) >= 11 is 3.14. The van der Waals surface area contributed by atoms with Crippen molar-refractivity contribution in [3.05, 3.63) is 52.3 Å². The normalized spacial score (nSPS) is 10.3. The van der Waals surface area contributed by atoms with E-state index >= 15 is 0 Å². The molecule has 98 valence electrons. The minimum Gasteiger partial charge on any atom is -0.397 e. The van der Waals surface area contributed by atoms with Crippen molar-refractivity contribution < 1.29 is 13.6 Å². The Morgan fingerprint density at radius 1 is 1.32 bits per heavy atom. The summed E-state index contributed by atoms with van der Waals surface area (Å²) < 4.78 is 27.1. The molecule has 19 heavy (non-hydrogen) atoms. The highest BCUT2D eigenvalue weighted by atomic mass is 79.9. The molecule has 0 unspecified atom stereocenters. The van der Waals surface area contributed by atoms with Crippen LogP contribution in [0.1, 0.15) is 10.5 Å². The number of nitrogens with one attached hydrogen (secondary N) is 1. The largest absolute Gasteiger partial charge is 0.397 e. The molecule has 0 aliphatic carbocycles. The zero-order valence-electron chi connectivity index (χ0n) is 9.45. The molecule has 3 N–H and O–H groups in total. The van der Waals surface area contributed by atoms with Crippen molar-refractivity contribution in [2.24, 2.45) is 0 Å². The fraction of sp³-hybridized carbons (Fsp3) is 0. The van der Waals surface area contributed by atoms with Gasteiger partial charge in [0.15, 0.2) is 11.6 Å². The maximum Gasteiger partial charge on any atom is 0.275 e. The molecular formula is C12H8BrF2N3O. The Hall–Kier alpha value is -2.02. The van der Waals surface area contributed by atoms with Crippen LogP contribution >= 0.6 is 15.9 Å². The maximum atomic E-state index is 13.5. The molecule has 0 saturated heterocycles. The van der Waals surface area contributed by atoms with E-state index in [-0.39, 0.29) is 11.4 Å². The molecule has 0 atom stereocenters. The lowest BCUT2D eigenvalue weighted by Crippen LogP contribution is -2.17. The Morgan fingerprint density at radius 2 is 2.05 bits per heavy atom. The summed E-state index contributed by atoms with van der Waals surface area (Å²) in [5, 5.41) is 2.20. The van der Waals surface area contributed by atoms with Crippen LogP contribution in [0.2, 0.25) is 0 Å². The molecule has 4 nitrogen and oxygen atoms in total. The smallest absolute Gasteiger partial charge is 0.275 e. The van der Waals surface area contributed by atoms with Gasteiger partial charge in [-0.05, 0) is 40.2 Å². The van der Waals surface area contributed by atoms with Gasteiger partial charge in [0.2, 0.25) is 0 Å². The number of nitrogen functional groups attached to an aromatic ring is 1. The van der Waals surface area contributed by atoms with Crippen LogP contribution in [0, 0.1) is 11.6 Å². The van der Waals surface area contributed by atoms with Crippen LogP contribution in [0.4, 0.5) is 20.2 Å². The topological polar surface area (TPSA) is 68.0 Å². The van der Waals surface area contributed by atoms with E-state index in [1.807, 2.05) is 0 Å². The zero-order chi connectivity index (χ0) is 14.0. The van der Waals surface area contributed by atoms with Gasteiger partial charge in [0.05, 0.1) is 5.69 Å². The quantitative estimate of drug-likeness (QED) is 0.833. The monoisotopic (exact) mass is 327 g/mol. The van der Waals surface area contributed by atoms with Crippen molar-refractivity contribution in [1.82, 2.24) is 4.98 Å². The predicted octanol–water partition coefficient (Wildman–Crippen LogP) is 2.96. The summed E-state index contributed by atoms with van der Waals surface area (Å²) in [7, 11) is 0. The van der Waals surface area contributed by atoms with E-state index in [9.17, 15) is 13.6 Å². The van der Waals surface area contributed by atoms with Crippen LogP contribution in [0.5, 0.6) is 0 Å². The van der Waals surface area contributed by atoms with Crippen LogP contribution in [-0.2, 0) is 0 Å². The van der Waals surface area contributed by atoms with E-state index in [2.05, 4.69) is 26.2 Å². The molecule has 0 spiro atoms. The predicted molar refractivity (Wildman–Crippen MR) is 70.7 cm³/mol. The second-order valence-electron chi connectivity index (χ2n) is 3.61. The minimum absolute atomic E-state index is 0.0468. The lowest BCUT2D eigenvalue weighted by atomic mass is 10.2. The summed E-state index contributed by atoms with van der Waals surface area (Å²) in [6, 6.07) is 5.28. The van der Waals surface area contributed by atoms with Gasteiger partial charge in [0, 0.05) is 10.7 Å². The first kappa shape index (κ1) is 13.4. The number of benzene rings is 1. The van der Waals surface area contributed by atoms with Crippen molar-refractivity contribution in [3.8, 4) is 0 Å². The van der Waals surface area contributed by atoms with Crippen LogP contribution in [-0.4, -0.2) is 10.9 Å². The molecule has 0 bridgehead atoms. The lowest BCUT2D eigenvalue weighted by molar-refractivity contribution is 0.102. The van der Waals surface area contributed by atoms with Gasteiger partial charge >= 0.3 is 0 Å². The number of amides is 1. The van der Waals surface area contributed by atoms with E-state index in [1.165, 1.54) is 12.3 Å². The molecular weight excluding hydrogens is 320 g/mol. The molecule has 1 amide bonds. The molecule has 2 aromatic rings. The first-order valence-corrected chi connectivity index (χ1v) is 5.95. The van der Waals surface area contributed by atoms with Crippen molar-refractivity contribution in [2.75, 3.05) is 11.1 Å². The van der Waals surface area contributed by atoms with E-state index in [0.29, 0.717) is 4.47 Å². The molecule has 1 heterocycles. The highest BCUT2D eigenvalue weighted by molar-refractivity contribution is 9.10. The molecule has 0 radical (unpaired) electrons. The zero-order valence-corrected chi connectivity index (χ0v) is 11.0. The Morgan fingerprint density at radius 3 is 2.74 bits per heavy atom. The SMILES string of the molecule is Nc1ccc(F)c(F)c1NC(=O)c1ncccc1Br. The molecule has 2 rings (SSSR count). The third kappa shape index (κ3) is 2.70. The minimum atomic E-state index is -1.21. The molecule has 1 aromatic carbocycles. The summed E-state index contributed by atoms with van der Waals surface area (Å²) in [4.78, 5) is 15.7. The van der Waals surface area contributed by atoms with Gasteiger partial charge in [-0.15, -0.1) is 0 Å². The fourth-order valence-electron chi connectivity index (χ4n) is 1.42. The number of hydrogen-bond acceptors (Lipinski definition) is 3. The summed E-state index contributed by atoms with van der Waals surface area (Å²) in [6.07, 6.45) is 1.41. The van der Waals surface area contributed by atoms with Crippen LogP contribution in [0.3, 0.4) is 0 Å². The third-order valence-electron chi connectivity index (χ3n) is 2.34. The van der Waals surface area contributed by atoms with Gasteiger partial charge in [-0.1, -0.05) is 0 Å². The van der Waals surface area contributed by atoms with Crippen LogP contribution in [0.15, 0.2) is 34.9 Å². The number of hydrogen-bond donors (Lipinski definition) is 2. The molecule has 0 aliphatic rings. The van der Waals surface area contributed by atoms with Gasteiger partial charge in [-0.25, -0.2) is 13.8 Å². The second-order valence-corrected chi connectivity index (χ2v) is 4.47. The summed E-state index contributed by atoms with van der Waals surface area (Å²) in [5.74, 6) is -2.99. The number of pyridine rings is 1. The van der Waals surface area contributed by atoms with E-state index in [4.69, 9.17) is 5.73 Å². The average Bonchev–Trinajstić information content (AvgIpc) is 2.39. The van der Waals surface area contributed by atoms with E-state index < -0.39 is 23.2 Å². The number of carbonyl (C=O) groups is 1. The average molecular weight is 328 g/mol. The number of nitrogens with two attached hydrogens (primary N) is 1. The Labute approximate surface area is 115 Å². The highest BCUT2D eigenvalue weighted by Crippen LogP contribution is 2.25. The van der Waals surface area contributed by atoms with Crippen molar-refractivity contribution >= 4 is 33.2 Å². The fourth-order valence-corrected chi connectivity index (χ4v) is 1.85. The standard InChI is InChI=1S/C12H8BrF2N3O/c13-6-2-1-5-17-10(6)12(19)18-11-8(16)4-3-7(14)9(11)15/h1-5H,16H2,(H,18,19). The van der Waals surface area contributed by atoms with Crippen molar-refractivity contribution in [2.45, 2.75) is 0 Å². The lowest BCUT2D eigenvalue weighted by Gasteiger charge is -2.10. The molecule has 0 saturated carbocycles. The summed E-state index contributed by atoms with van der Waals surface area (Å²) in [5.41, 5.74) is 5.08. The first-order valence-electron chi connectivity index (χ1n) is 5.16. The number of carbonyl (C=O) groups excluding carboxylic acids is 1. The van der Waals surface area contributed by atoms with Gasteiger partial charge in [0.1, 0.15) is 11.4 Å². The highest BCUT2D eigenvalue weighted by Gasteiger charge is 2.17.